The molecule has 1 heterocycles. The van der Waals surface area contributed by atoms with Crippen molar-refractivity contribution in [1.82, 2.24) is 4.90 Å². The number of hydrogen-bond acceptors (Lipinski definition) is 2. The number of nitrogens with zero attached hydrogens (tertiary/aromatic N) is 1. The molecular formula is C7H13NO2. The summed E-state index contributed by atoms with van der Waals surface area (Å²) < 4.78 is 5.33. The molecule has 0 unspecified atom stereocenters. The number of likely N-dealkylation sites (tertiary alicyclic amines) is 1. The number of rotatable bonds is 3. The minimum atomic E-state index is 0.287. The van der Waals surface area contributed by atoms with Crippen LogP contribution in [0.4, 0.5) is 0 Å². The molecule has 1 amide bonds. The van der Waals surface area contributed by atoms with Gasteiger partial charge in [0.25, 0.3) is 0 Å². The highest BCUT2D eigenvalue weighted by molar-refractivity contribution is 5.47. The summed E-state index contributed by atoms with van der Waals surface area (Å²) in [7, 11) is 0. The molecule has 1 saturated heterocycles. The van der Waals surface area contributed by atoms with Crippen LogP contribution in [-0.4, -0.2) is 37.1 Å². The number of amides is 1. The van der Waals surface area contributed by atoms with Crippen molar-refractivity contribution in [1.29, 1.82) is 0 Å². The number of ether oxygens (including phenoxy) is 1. The highest BCUT2D eigenvalue weighted by Gasteiger charge is 2.20. The average molecular weight is 143 g/mol. The van der Waals surface area contributed by atoms with E-state index in [4.69, 9.17) is 4.74 Å². The SMILES string of the molecule is CCO[C@H]1CCN(C=O)C1. The molecule has 3 nitrogen and oxygen atoms in total. The number of carbonyl (C=O) groups excluding carboxylic acids is 1. The highest BCUT2D eigenvalue weighted by Crippen LogP contribution is 2.09. The van der Waals surface area contributed by atoms with Gasteiger partial charge in [-0.2, -0.15) is 0 Å². The molecule has 3 heteroatoms. The number of carbonyl (C=O) groups is 1. The van der Waals surface area contributed by atoms with Crippen molar-refractivity contribution in [3.63, 3.8) is 0 Å². The van der Waals surface area contributed by atoms with Crippen molar-refractivity contribution in [2.75, 3.05) is 19.7 Å². The second kappa shape index (κ2) is 3.56. The quantitative estimate of drug-likeness (QED) is 0.530. The Bertz CT molecular complexity index is 116. The van der Waals surface area contributed by atoms with Crippen LogP contribution in [0.15, 0.2) is 0 Å². The fourth-order valence-electron chi connectivity index (χ4n) is 1.22. The molecule has 0 aromatic carbocycles. The van der Waals surface area contributed by atoms with Gasteiger partial charge in [0.05, 0.1) is 6.10 Å². The Hall–Kier alpha value is -0.570. The Morgan fingerprint density at radius 1 is 1.80 bits per heavy atom. The number of hydrogen-bond donors (Lipinski definition) is 0. The molecule has 1 atom stereocenters. The molecule has 0 radical (unpaired) electrons. The van der Waals surface area contributed by atoms with Gasteiger partial charge in [-0.1, -0.05) is 0 Å². The third kappa shape index (κ3) is 1.70. The van der Waals surface area contributed by atoms with E-state index in [2.05, 4.69) is 0 Å². The van der Waals surface area contributed by atoms with Crippen LogP contribution in [0.5, 0.6) is 0 Å². The van der Waals surface area contributed by atoms with Crippen LogP contribution in [0, 0.1) is 0 Å². The third-order valence-corrected chi connectivity index (χ3v) is 1.73. The lowest BCUT2D eigenvalue weighted by Crippen LogP contribution is -2.21. The minimum Gasteiger partial charge on any atom is -0.377 e. The first-order valence-electron chi connectivity index (χ1n) is 3.67. The van der Waals surface area contributed by atoms with Crippen molar-refractivity contribution in [2.45, 2.75) is 19.4 Å². The van der Waals surface area contributed by atoms with Gasteiger partial charge in [0.15, 0.2) is 0 Å². The zero-order valence-corrected chi connectivity index (χ0v) is 6.25. The average Bonchev–Trinajstić information content (AvgIpc) is 2.37. The summed E-state index contributed by atoms with van der Waals surface area (Å²) in [5.74, 6) is 0. The molecule has 0 N–H and O–H groups in total. The van der Waals surface area contributed by atoms with E-state index < -0.39 is 0 Å². The summed E-state index contributed by atoms with van der Waals surface area (Å²) in [4.78, 5) is 12.0. The van der Waals surface area contributed by atoms with Gasteiger partial charge in [0, 0.05) is 19.7 Å². The summed E-state index contributed by atoms with van der Waals surface area (Å²) in [5, 5.41) is 0. The molecular weight excluding hydrogens is 130 g/mol. The molecule has 0 bridgehead atoms. The van der Waals surface area contributed by atoms with E-state index >= 15 is 0 Å². The van der Waals surface area contributed by atoms with E-state index in [-0.39, 0.29) is 6.10 Å². The van der Waals surface area contributed by atoms with Crippen LogP contribution < -0.4 is 0 Å². The molecule has 0 aromatic rings. The van der Waals surface area contributed by atoms with Crippen LogP contribution >= 0.6 is 0 Å². The molecule has 0 aliphatic carbocycles. The second-order valence-electron chi connectivity index (χ2n) is 2.47. The lowest BCUT2D eigenvalue weighted by atomic mass is 10.3. The standard InChI is InChI=1S/C7H13NO2/c1-2-10-7-3-4-8(5-7)6-9/h6-7H,2-5H2,1H3/t7-/m0/s1. The smallest absolute Gasteiger partial charge is 0.209 e. The van der Waals surface area contributed by atoms with Crippen LogP contribution in [0.3, 0.4) is 0 Å². The molecule has 1 aliphatic heterocycles. The molecule has 58 valence electrons. The zero-order chi connectivity index (χ0) is 7.40. The van der Waals surface area contributed by atoms with Gasteiger partial charge in [0.1, 0.15) is 0 Å². The summed E-state index contributed by atoms with van der Waals surface area (Å²) in [6.07, 6.45) is 2.17. The van der Waals surface area contributed by atoms with Gasteiger partial charge in [-0.25, -0.2) is 0 Å². The maximum Gasteiger partial charge on any atom is 0.209 e. The first kappa shape index (κ1) is 7.54. The van der Waals surface area contributed by atoms with Crippen LogP contribution in [-0.2, 0) is 9.53 Å². The van der Waals surface area contributed by atoms with E-state index in [0.29, 0.717) is 0 Å². The molecule has 1 fully saturated rings. The van der Waals surface area contributed by atoms with E-state index in [1.54, 1.807) is 4.90 Å². The molecule has 10 heavy (non-hydrogen) atoms. The van der Waals surface area contributed by atoms with E-state index in [1.807, 2.05) is 6.92 Å². The fourth-order valence-corrected chi connectivity index (χ4v) is 1.22. The molecule has 1 rings (SSSR count). The fraction of sp³-hybridized carbons (Fsp3) is 0.857. The van der Waals surface area contributed by atoms with E-state index in [9.17, 15) is 4.79 Å². The zero-order valence-electron chi connectivity index (χ0n) is 6.25. The van der Waals surface area contributed by atoms with Crippen LogP contribution in [0.25, 0.3) is 0 Å². The Morgan fingerprint density at radius 3 is 3.10 bits per heavy atom. The monoisotopic (exact) mass is 143 g/mol. The summed E-state index contributed by atoms with van der Waals surface area (Å²) in [6, 6.07) is 0. The maximum absolute atomic E-state index is 10.2. The van der Waals surface area contributed by atoms with Crippen molar-refractivity contribution in [2.24, 2.45) is 0 Å². The Labute approximate surface area is 61.0 Å². The first-order valence-corrected chi connectivity index (χ1v) is 3.67. The van der Waals surface area contributed by atoms with E-state index in [0.717, 1.165) is 32.5 Å². The molecule has 1 aliphatic rings. The predicted molar refractivity (Wildman–Crippen MR) is 37.7 cm³/mol. The lowest BCUT2D eigenvalue weighted by Gasteiger charge is -2.09. The van der Waals surface area contributed by atoms with Gasteiger partial charge in [0.2, 0.25) is 6.41 Å². The normalized spacial score (nSPS) is 25.3. The molecule has 0 spiro atoms. The largest absolute Gasteiger partial charge is 0.377 e. The summed E-state index contributed by atoms with van der Waals surface area (Å²) in [5.41, 5.74) is 0. The Morgan fingerprint density at radius 2 is 2.60 bits per heavy atom. The highest BCUT2D eigenvalue weighted by atomic mass is 16.5. The molecule has 0 saturated carbocycles. The summed E-state index contributed by atoms with van der Waals surface area (Å²) in [6.45, 7) is 4.35. The van der Waals surface area contributed by atoms with Crippen molar-refractivity contribution >= 4 is 6.41 Å². The van der Waals surface area contributed by atoms with Gasteiger partial charge < -0.3 is 9.64 Å². The van der Waals surface area contributed by atoms with Crippen molar-refractivity contribution in [3.05, 3.63) is 0 Å². The minimum absolute atomic E-state index is 0.287. The Kier molecular flexibility index (Phi) is 2.68. The maximum atomic E-state index is 10.2. The third-order valence-electron chi connectivity index (χ3n) is 1.73. The van der Waals surface area contributed by atoms with Gasteiger partial charge in [-0.3, -0.25) is 4.79 Å². The van der Waals surface area contributed by atoms with Crippen molar-refractivity contribution < 1.29 is 9.53 Å². The predicted octanol–water partition coefficient (Wildman–Crippen LogP) is 0.254. The topological polar surface area (TPSA) is 29.5 Å². The molecule has 0 aromatic heterocycles. The van der Waals surface area contributed by atoms with Crippen LogP contribution in [0.2, 0.25) is 0 Å². The van der Waals surface area contributed by atoms with Gasteiger partial charge in [-0.15, -0.1) is 0 Å². The summed E-state index contributed by atoms with van der Waals surface area (Å²) >= 11 is 0. The van der Waals surface area contributed by atoms with Crippen LogP contribution in [0.1, 0.15) is 13.3 Å². The van der Waals surface area contributed by atoms with Gasteiger partial charge >= 0.3 is 0 Å². The van der Waals surface area contributed by atoms with Crippen molar-refractivity contribution in [3.8, 4) is 0 Å². The van der Waals surface area contributed by atoms with Gasteiger partial charge in [-0.05, 0) is 13.3 Å². The second-order valence-corrected chi connectivity index (χ2v) is 2.47. The lowest BCUT2D eigenvalue weighted by molar-refractivity contribution is -0.117. The first-order chi connectivity index (χ1) is 4.86. The Balaban J connectivity index is 2.21. The van der Waals surface area contributed by atoms with E-state index in [1.165, 1.54) is 0 Å².